The first-order chi connectivity index (χ1) is 7.13. The maximum Gasteiger partial charge on any atom is 0.00605 e. The molecule has 0 bridgehead atoms. The van der Waals surface area contributed by atoms with Gasteiger partial charge in [-0.15, -0.1) is 0 Å². The molecule has 0 heteroatoms. The van der Waals surface area contributed by atoms with E-state index in [-0.39, 0.29) is 0 Å². The van der Waals surface area contributed by atoms with Crippen molar-refractivity contribution in [2.24, 2.45) is 23.7 Å². The first kappa shape index (κ1) is 10.6. The molecule has 1 saturated carbocycles. The van der Waals surface area contributed by atoms with Gasteiger partial charge in [0.15, 0.2) is 0 Å². The van der Waals surface area contributed by atoms with Crippen LogP contribution in [-0.4, -0.2) is 0 Å². The van der Waals surface area contributed by atoms with Gasteiger partial charge in [0.05, 0.1) is 0 Å². The number of hydrogen-bond acceptors (Lipinski definition) is 0. The van der Waals surface area contributed by atoms with Crippen molar-refractivity contribution in [3.63, 3.8) is 0 Å². The minimum absolute atomic E-state index is 0.674. The fraction of sp³-hybridized carbons (Fsp3) is 0.600. The van der Waals surface area contributed by atoms with Crippen molar-refractivity contribution in [1.82, 2.24) is 0 Å². The van der Waals surface area contributed by atoms with Crippen molar-refractivity contribution in [3.05, 3.63) is 35.9 Å². The Labute approximate surface area is 93.7 Å². The summed E-state index contributed by atoms with van der Waals surface area (Å²) in [5.74, 6) is 3.84. The van der Waals surface area contributed by atoms with E-state index < -0.39 is 0 Å². The minimum atomic E-state index is 0.674. The van der Waals surface area contributed by atoms with Gasteiger partial charge >= 0.3 is 0 Å². The molecule has 1 aromatic rings. The van der Waals surface area contributed by atoms with E-state index >= 15 is 0 Å². The van der Waals surface area contributed by atoms with Gasteiger partial charge in [-0.1, -0.05) is 45.9 Å². The number of rotatable bonds is 1. The molecule has 0 aromatic heterocycles. The zero-order valence-corrected chi connectivity index (χ0v) is 10.1. The van der Waals surface area contributed by atoms with Gasteiger partial charge in [-0.2, -0.15) is 0 Å². The maximum atomic E-state index is 3.29. The van der Waals surface area contributed by atoms with Crippen LogP contribution in [0.5, 0.6) is 0 Å². The van der Waals surface area contributed by atoms with Gasteiger partial charge in [0, 0.05) is 5.56 Å². The van der Waals surface area contributed by atoms with Gasteiger partial charge in [0.25, 0.3) is 0 Å². The largest absolute Gasteiger partial charge is 0.0699 e. The highest BCUT2D eigenvalue weighted by atomic mass is 14.5. The van der Waals surface area contributed by atoms with Crippen molar-refractivity contribution >= 4 is 0 Å². The van der Waals surface area contributed by atoms with Gasteiger partial charge in [0.1, 0.15) is 0 Å². The van der Waals surface area contributed by atoms with Crippen LogP contribution in [0.15, 0.2) is 18.2 Å². The summed E-state index contributed by atoms with van der Waals surface area (Å²) in [5.41, 5.74) is 1.36. The van der Waals surface area contributed by atoms with Crippen molar-refractivity contribution in [1.29, 1.82) is 0 Å². The third-order valence-electron chi connectivity index (χ3n) is 4.65. The predicted octanol–water partition coefficient (Wildman–Crippen LogP) is 3.93. The molecule has 0 saturated heterocycles. The lowest BCUT2D eigenvalue weighted by atomic mass is 9.84. The fourth-order valence-electron chi connectivity index (χ4n) is 3.22. The van der Waals surface area contributed by atoms with E-state index in [9.17, 15) is 0 Å². The Hall–Kier alpha value is -0.960. The molecule has 15 heavy (non-hydrogen) atoms. The molecule has 0 spiro atoms. The molecular formula is C15H20. The molecule has 1 aliphatic carbocycles. The van der Waals surface area contributed by atoms with Crippen molar-refractivity contribution < 1.29 is 0 Å². The smallest absolute Gasteiger partial charge is 0.00605 e. The Morgan fingerprint density at radius 2 is 1.53 bits per heavy atom. The molecule has 4 atom stereocenters. The zero-order chi connectivity index (χ0) is 11.0. The van der Waals surface area contributed by atoms with Crippen LogP contribution in [-0.2, 0) is 0 Å². The summed E-state index contributed by atoms with van der Waals surface area (Å²) in [4.78, 5) is 0. The van der Waals surface area contributed by atoms with Crippen molar-refractivity contribution in [3.8, 4) is 0 Å². The Balaban J connectivity index is 2.30. The lowest BCUT2D eigenvalue weighted by molar-refractivity contribution is 0.352. The molecule has 1 aliphatic rings. The second-order valence-electron chi connectivity index (χ2n) is 5.21. The van der Waals surface area contributed by atoms with Crippen LogP contribution in [0.25, 0.3) is 0 Å². The van der Waals surface area contributed by atoms with Gasteiger partial charge in [0.2, 0.25) is 0 Å². The normalized spacial score (nSPS) is 40.1. The zero-order valence-electron chi connectivity index (χ0n) is 10.1. The topological polar surface area (TPSA) is 0 Å². The van der Waals surface area contributed by atoms with Gasteiger partial charge in [-0.25, -0.2) is 0 Å². The molecule has 80 valence electrons. The lowest BCUT2D eigenvalue weighted by Gasteiger charge is -2.20. The summed E-state index contributed by atoms with van der Waals surface area (Å²) in [7, 11) is 0. The van der Waals surface area contributed by atoms with Crippen LogP contribution in [0.2, 0.25) is 0 Å². The molecular weight excluding hydrogens is 180 g/mol. The van der Waals surface area contributed by atoms with Gasteiger partial charge in [-0.05, 0) is 41.7 Å². The van der Waals surface area contributed by atoms with Crippen LogP contribution >= 0.6 is 0 Å². The summed E-state index contributed by atoms with van der Waals surface area (Å²) in [6.07, 6.45) is 0. The van der Waals surface area contributed by atoms with Crippen LogP contribution < -0.4 is 0 Å². The van der Waals surface area contributed by atoms with E-state index in [2.05, 4.69) is 52.0 Å². The summed E-state index contributed by atoms with van der Waals surface area (Å²) in [5, 5.41) is 0. The van der Waals surface area contributed by atoms with E-state index in [1.165, 1.54) is 5.56 Å². The number of hydrogen-bond donors (Lipinski definition) is 0. The predicted molar refractivity (Wildman–Crippen MR) is 63.5 cm³/mol. The fourth-order valence-corrected chi connectivity index (χ4v) is 3.22. The Kier molecular flexibility index (Phi) is 2.74. The second-order valence-corrected chi connectivity index (χ2v) is 5.21. The molecule has 0 heterocycles. The summed E-state index contributed by atoms with van der Waals surface area (Å²) < 4.78 is 0. The highest BCUT2D eigenvalue weighted by Gasteiger charge is 2.42. The van der Waals surface area contributed by atoms with Gasteiger partial charge < -0.3 is 0 Å². The molecule has 0 amide bonds. The monoisotopic (exact) mass is 200 g/mol. The molecule has 1 aromatic carbocycles. The highest BCUT2D eigenvalue weighted by molar-refractivity contribution is 5.18. The molecule has 1 fully saturated rings. The maximum absolute atomic E-state index is 3.29. The minimum Gasteiger partial charge on any atom is -0.0699 e. The Morgan fingerprint density at radius 3 is 2.00 bits per heavy atom. The molecule has 2 rings (SSSR count). The van der Waals surface area contributed by atoms with Crippen molar-refractivity contribution in [2.75, 3.05) is 0 Å². The van der Waals surface area contributed by atoms with Gasteiger partial charge in [-0.3, -0.25) is 0 Å². The first-order valence-electron chi connectivity index (χ1n) is 6.01. The van der Waals surface area contributed by atoms with Crippen molar-refractivity contribution in [2.45, 2.75) is 33.6 Å². The van der Waals surface area contributed by atoms with E-state index in [0.29, 0.717) is 5.92 Å². The van der Waals surface area contributed by atoms with E-state index in [1.54, 1.807) is 0 Å². The Bertz CT molecular complexity index is 300. The van der Waals surface area contributed by atoms with E-state index in [4.69, 9.17) is 0 Å². The standard InChI is InChI=1S/C15H20/c1-10-11(2)13(4)15(12(10)3)14-8-6-5-7-9-14/h5-6,8,10-13,15H,1-4H3. The van der Waals surface area contributed by atoms with E-state index in [0.717, 1.165) is 23.7 Å². The summed E-state index contributed by atoms with van der Waals surface area (Å²) in [6, 6.07) is 12.6. The average Bonchev–Trinajstić information content (AvgIpc) is 2.45. The Morgan fingerprint density at radius 1 is 0.933 bits per heavy atom. The highest BCUT2D eigenvalue weighted by Crippen LogP contribution is 2.50. The SMILES string of the molecule is CC1C(C)C(C)C(c2c#cccc2)C1C. The summed E-state index contributed by atoms with van der Waals surface area (Å²) >= 11 is 0. The van der Waals surface area contributed by atoms with E-state index in [1.807, 2.05) is 6.07 Å². The molecule has 4 unspecified atom stereocenters. The van der Waals surface area contributed by atoms with Crippen LogP contribution in [0.4, 0.5) is 0 Å². The lowest BCUT2D eigenvalue weighted by Crippen LogP contribution is -2.10. The molecule has 0 radical (unpaired) electrons. The summed E-state index contributed by atoms with van der Waals surface area (Å²) in [6.45, 7) is 9.54. The third-order valence-corrected chi connectivity index (χ3v) is 4.65. The third kappa shape index (κ3) is 1.65. The quantitative estimate of drug-likeness (QED) is 0.644. The second kappa shape index (κ2) is 3.89. The average molecular weight is 200 g/mol. The molecule has 0 N–H and O–H groups in total. The van der Waals surface area contributed by atoms with Crippen LogP contribution in [0.3, 0.4) is 0 Å². The molecule has 0 nitrogen and oxygen atoms in total. The first-order valence-corrected chi connectivity index (χ1v) is 6.01. The van der Waals surface area contributed by atoms with Crippen LogP contribution in [0.1, 0.15) is 39.2 Å². The molecule has 0 aliphatic heterocycles. The van der Waals surface area contributed by atoms with Crippen LogP contribution in [0, 0.1) is 35.8 Å².